The molecule has 1 unspecified atom stereocenters. The monoisotopic (exact) mass is 227 g/mol. The third-order valence-electron chi connectivity index (χ3n) is 2.41. The average molecular weight is 227 g/mol. The van der Waals surface area contributed by atoms with Crippen LogP contribution in [0.5, 0.6) is 0 Å². The fourth-order valence-corrected chi connectivity index (χ4v) is 1.41. The summed E-state index contributed by atoms with van der Waals surface area (Å²) in [6, 6.07) is 0. The van der Waals surface area contributed by atoms with Crippen LogP contribution in [0.2, 0.25) is 0 Å². The van der Waals surface area contributed by atoms with E-state index >= 15 is 0 Å². The molecule has 0 amide bonds. The molecular formula is C10H17N3O3. The molecule has 0 aliphatic rings. The Labute approximate surface area is 94.2 Å². The molecule has 0 saturated carbocycles. The summed E-state index contributed by atoms with van der Waals surface area (Å²) in [5.74, 6) is -0.492. The number of methoxy groups -OCH3 is 1. The van der Waals surface area contributed by atoms with Crippen LogP contribution in [-0.2, 0) is 17.7 Å². The van der Waals surface area contributed by atoms with Gasteiger partial charge in [-0.2, -0.15) is 0 Å². The van der Waals surface area contributed by atoms with Gasteiger partial charge in [0.2, 0.25) is 0 Å². The number of nitrogens with zero attached hydrogens (tertiary/aromatic N) is 3. The molecule has 16 heavy (non-hydrogen) atoms. The zero-order valence-electron chi connectivity index (χ0n) is 9.80. The number of hydrogen-bond acceptors (Lipinski definition) is 5. The van der Waals surface area contributed by atoms with Crippen molar-refractivity contribution in [1.29, 1.82) is 0 Å². The smallest absolute Gasteiger partial charge is 0.360 e. The Kier molecular flexibility index (Phi) is 4.42. The van der Waals surface area contributed by atoms with Gasteiger partial charge in [0.05, 0.1) is 25.5 Å². The Bertz CT molecular complexity index is 362. The standard InChI is InChI=1S/C10H17N3O3/c1-4-7(14)6-13-8(5-2)9(11-12-13)10(15)16-3/h7,14H,4-6H2,1-3H3. The van der Waals surface area contributed by atoms with Gasteiger partial charge >= 0.3 is 5.97 Å². The van der Waals surface area contributed by atoms with Crippen LogP contribution >= 0.6 is 0 Å². The van der Waals surface area contributed by atoms with E-state index in [0.717, 1.165) is 0 Å². The lowest BCUT2D eigenvalue weighted by atomic mass is 10.2. The number of carbonyl (C=O) groups excluding carboxylic acids is 1. The van der Waals surface area contributed by atoms with Crippen LogP contribution in [0.15, 0.2) is 0 Å². The normalized spacial score (nSPS) is 12.5. The van der Waals surface area contributed by atoms with Crippen molar-refractivity contribution in [2.24, 2.45) is 0 Å². The molecule has 0 aliphatic heterocycles. The molecule has 0 fully saturated rings. The minimum absolute atomic E-state index is 0.230. The van der Waals surface area contributed by atoms with E-state index in [1.54, 1.807) is 4.68 Å². The zero-order valence-corrected chi connectivity index (χ0v) is 9.80. The van der Waals surface area contributed by atoms with Crippen molar-refractivity contribution in [3.05, 3.63) is 11.4 Å². The lowest BCUT2D eigenvalue weighted by Gasteiger charge is -2.09. The average Bonchev–Trinajstić information content (AvgIpc) is 2.70. The van der Waals surface area contributed by atoms with Crippen LogP contribution in [0, 0.1) is 0 Å². The maximum atomic E-state index is 11.4. The van der Waals surface area contributed by atoms with E-state index < -0.39 is 12.1 Å². The molecule has 0 aliphatic carbocycles. The van der Waals surface area contributed by atoms with Gasteiger partial charge in [-0.25, -0.2) is 9.48 Å². The topological polar surface area (TPSA) is 77.2 Å². The minimum atomic E-state index is -0.492. The third kappa shape index (κ3) is 2.57. The number of hydrogen-bond donors (Lipinski definition) is 1. The van der Waals surface area contributed by atoms with Crippen molar-refractivity contribution in [1.82, 2.24) is 15.0 Å². The number of ether oxygens (including phenoxy) is 1. The van der Waals surface area contributed by atoms with Gasteiger partial charge in [0.1, 0.15) is 0 Å². The van der Waals surface area contributed by atoms with E-state index in [0.29, 0.717) is 25.1 Å². The maximum Gasteiger partial charge on any atom is 0.360 e. The van der Waals surface area contributed by atoms with Crippen LogP contribution in [0.4, 0.5) is 0 Å². The second kappa shape index (κ2) is 5.60. The predicted molar refractivity (Wildman–Crippen MR) is 57.0 cm³/mol. The summed E-state index contributed by atoms with van der Waals surface area (Å²) in [5, 5.41) is 17.2. The highest BCUT2D eigenvalue weighted by molar-refractivity contribution is 5.88. The second-order valence-corrected chi connectivity index (χ2v) is 3.47. The summed E-state index contributed by atoms with van der Waals surface area (Å²) in [6.07, 6.45) is 0.780. The number of esters is 1. The number of carbonyl (C=O) groups is 1. The molecule has 1 aromatic rings. The Hall–Kier alpha value is -1.43. The van der Waals surface area contributed by atoms with Gasteiger partial charge in [-0.3, -0.25) is 0 Å². The largest absolute Gasteiger partial charge is 0.464 e. The summed E-state index contributed by atoms with van der Waals surface area (Å²) in [4.78, 5) is 11.4. The molecule has 1 aromatic heterocycles. The third-order valence-corrected chi connectivity index (χ3v) is 2.41. The molecule has 0 spiro atoms. The maximum absolute atomic E-state index is 11.4. The summed E-state index contributed by atoms with van der Waals surface area (Å²) in [6.45, 7) is 4.14. The van der Waals surface area contributed by atoms with Gasteiger partial charge in [0.15, 0.2) is 5.69 Å². The minimum Gasteiger partial charge on any atom is -0.464 e. The van der Waals surface area contributed by atoms with E-state index in [2.05, 4.69) is 15.0 Å². The lowest BCUT2D eigenvalue weighted by molar-refractivity contribution is 0.0592. The molecule has 90 valence electrons. The molecular weight excluding hydrogens is 210 g/mol. The second-order valence-electron chi connectivity index (χ2n) is 3.47. The van der Waals surface area contributed by atoms with E-state index in [1.165, 1.54) is 7.11 Å². The highest BCUT2D eigenvalue weighted by atomic mass is 16.5. The molecule has 0 radical (unpaired) electrons. The summed E-state index contributed by atoms with van der Waals surface area (Å²) in [7, 11) is 1.31. The Morgan fingerprint density at radius 3 is 2.75 bits per heavy atom. The van der Waals surface area contributed by atoms with Crippen molar-refractivity contribution in [2.75, 3.05) is 7.11 Å². The Morgan fingerprint density at radius 2 is 2.25 bits per heavy atom. The van der Waals surface area contributed by atoms with Crippen LogP contribution in [0.3, 0.4) is 0 Å². The van der Waals surface area contributed by atoms with Crippen LogP contribution in [-0.4, -0.2) is 39.3 Å². The Morgan fingerprint density at radius 1 is 1.56 bits per heavy atom. The predicted octanol–water partition coefficient (Wildman–Crippen LogP) is 0.398. The van der Waals surface area contributed by atoms with Crippen LogP contribution in [0.1, 0.15) is 36.5 Å². The van der Waals surface area contributed by atoms with Crippen molar-refractivity contribution in [3.8, 4) is 0 Å². The fourth-order valence-electron chi connectivity index (χ4n) is 1.41. The van der Waals surface area contributed by atoms with E-state index in [-0.39, 0.29) is 5.69 Å². The lowest BCUT2D eigenvalue weighted by Crippen LogP contribution is -2.18. The number of aliphatic hydroxyl groups excluding tert-OH is 1. The first-order chi connectivity index (χ1) is 7.63. The highest BCUT2D eigenvalue weighted by Gasteiger charge is 2.19. The molecule has 1 heterocycles. The van der Waals surface area contributed by atoms with Gasteiger partial charge in [-0.05, 0) is 12.8 Å². The SMILES string of the molecule is CCc1c(C(=O)OC)nnn1CC(O)CC. The first-order valence-corrected chi connectivity index (χ1v) is 5.32. The molecule has 0 aromatic carbocycles. The van der Waals surface area contributed by atoms with E-state index in [4.69, 9.17) is 0 Å². The van der Waals surface area contributed by atoms with Crippen LogP contribution < -0.4 is 0 Å². The molecule has 1 N–H and O–H groups in total. The van der Waals surface area contributed by atoms with Gasteiger partial charge in [0.25, 0.3) is 0 Å². The zero-order chi connectivity index (χ0) is 12.1. The van der Waals surface area contributed by atoms with E-state index in [9.17, 15) is 9.90 Å². The number of aromatic nitrogens is 3. The molecule has 6 nitrogen and oxygen atoms in total. The van der Waals surface area contributed by atoms with Crippen molar-refractivity contribution >= 4 is 5.97 Å². The summed E-state index contributed by atoms with van der Waals surface area (Å²) < 4.78 is 6.16. The van der Waals surface area contributed by atoms with Crippen molar-refractivity contribution < 1.29 is 14.6 Å². The Balaban J connectivity index is 2.94. The van der Waals surface area contributed by atoms with E-state index in [1.807, 2.05) is 13.8 Å². The fraction of sp³-hybridized carbons (Fsp3) is 0.700. The number of rotatable bonds is 5. The first-order valence-electron chi connectivity index (χ1n) is 5.32. The van der Waals surface area contributed by atoms with Gasteiger partial charge in [-0.1, -0.05) is 19.1 Å². The molecule has 0 bridgehead atoms. The summed E-state index contributed by atoms with van der Waals surface area (Å²) >= 11 is 0. The van der Waals surface area contributed by atoms with Crippen LogP contribution in [0.25, 0.3) is 0 Å². The number of aliphatic hydroxyl groups is 1. The molecule has 0 saturated heterocycles. The van der Waals surface area contributed by atoms with Gasteiger partial charge < -0.3 is 9.84 Å². The molecule has 6 heteroatoms. The van der Waals surface area contributed by atoms with Gasteiger partial charge in [-0.15, -0.1) is 5.10 Å². The van der Waals surface area contributed by atoms with Crippen molar-refractivity contribution in [3.63, 3.8) is 0 Å². The quantitative estimate of drug-likeness (QED) is 0.737. The van der Waals surface area contributed by atoms with Gasteiger partial charge in [0, 0.05) is 0 Å². The van der Waals surface area contributed by atoms with Crippen molar-refractivity contribution in [2.45, 2.75) is 39.3 Å². The molecule has 1 rings (SSSR count). The summed E-state index contributed by atoms with van der Waals surface area (Å²) in [5.41, 5.74) is 0.924. The molecule has 1 atom stereocenters. The first kappa shape index (κ1) is 12.6. The highest BCUT2D eigenvalue weighted by Crippen LogP contribution is 2.09.